The lowest BCUT2D eigenvalue weighted by Crippen LogP contribution is -2.22. The highest BCUT2D eigenvalue weighted by atomic mass is 15.2. The molecule has 1 saturated carbocycles. The Labute approximate surface area is 103 Å². The molecule has 0 amide bonds. The third-order valence-electron chi connectivity index (χ3n) is 3.19. The van der Waals surface area contributed by atoms with Gasteiger partial charge in [-0.3, -0.25) is 0 Å². The van der Waals surface area contributed by atoms with E-state index < -0.39 is 0 Å². The Morgan fingerprint density at radius 2 is 2.18 bits per heavy atom. The van der Waals surface area contributed by atoms with Crippen molar-refractivity contribution in [3.8, 4) is 0 Å². The highest BCUT2D eigenvalue weighted by molar-refractivity contribution is 5.57. The Morgan fingerprint density at radius 3 is 2.82 bits per heavy atom. The van der Waals surface area contributed by atoms with Crippen molar-refractivity contribution in [3.05, 3.63) is 11.9 Å². The first kappa shape index (κ1) is 12.1. The quantitative estimate of drug-likeness (QED) is 0.821. The third kappa shape index (κ3) is 3.08. The van der Waals surface area contributed by atoms with Crippen LogP contribution in [-0.2, 0) is 0 Å². The van der Waals surface area contributed by atoms with Gasteiger partial charge in [0.05, 0.1) is 0 Å². The average Bonchev–Trinajstić information content (AvgIpc) is 3.11. The first-order chi connectivity index (χ1) is 8.22. The molecule has 1 aromatic rings. The topological polar surface area (TPSA) is 41.1 Å². The Kier molecular flexibility index (Phi) is 3.82. The molecule has 17 heavy (non-hydrogen) atoms. The Morgan fingerprint density at radius 1 is 1.41 bits per heavy atom. The lowest BCUT2D eigenvalue weighted by Gasteiger charge is -2.21. The van der Waals surface area contributed by atoms with Crippen LogP contribution in [0.3, 0.4) is 0 Å². The van der Waals surface area contributed by atoms with Crippen molar-refractivity contribution in [3.63, 3.8) is 0 Å². The number of aromatic nitrogens is 2. The van der Waals surface area contributed by atoms with Gasteiger partial charge in [-0.25, -0.2) is 9.97 Å². The summed E-state index contributed by atoms with van der Waals surface area (Å²) in [6.45, 7) is 6.33. The standard InChI is InChI=1S/C13H22N4/c1-4-7-14-12-10(2)13(16-9-15-12)17(3)8-11-5-6-11/h9,11H,4-8H2,1-3H3,(H,14,15,16). The van der Waals surface area contributed by atoms with E-state index in [9.17, 15) is 0 Å². The second-order valence-corrected chi connectivity index (χ2v) is 4.92. The van der Waals surface area contributed by atoms with Gasteiger partial charge in [0.25, 0.3) is 0 Å². The number of nitrogens with zero attached hydrogens (tertiary/aromatic N) is 3. The van der Waals surface area contributed by atoms with Crippen molar-refractivity contribution < 1.29 is 0 Å². The molecule has 1 N–H and O–H groups in total. The van der Waals surface area contributed by atoms with Gasteiger partial charge in [-0.15, -0.1) is 0 Å². The Bertz CT molecular complexity index is 374. The summed E-state index contributed by atoms with van der Waals surface area (Å²) in [5.41, 5.74) is 1.16. The molecular formula is C13H22N4. The molecule has 0 atom stereocenters. The van der Waals surface area contributed by atoms with Gasteiger partial charge in [-0.05, 0) is 32.1 Å². The molecule has 0 unspecified atom stereocenters. The number of hydrogen-bond acceptors (Lipinski definition) is 4. The minimum absolute atomic E-state index is 0.876. The summed E-state index contributed by atoms with van der Waals surface area (Å²) in [6, 6.07) is 0. The summed E-state index contributed by atoms with van der Waals surface area (Å²) >= 11 is 0. The molecule has 0 bridgehead atoms. The Balaban J connectivity index is 2.09. The molecule has 1 aliphatic rings. The van der Waals surface area contributed by atoms with Gasteiger partial charge in [-0.1, -0.05) is 6.92 Å². The van der Waals surface area contributed by atoms with Crippen molar-refractivity contribution in [2.24, 2.45) is 5.92 Å². The van der Waals surface area contributed by atoms with Crippen LogP contribution in [0.2, 0.25) is 0 Å². The second kappa shape index (κ2) is 5.34. The fourth-order valence-corrected chi connectivity index (χ4v) is 2.02. The summed E-state index contributed by atoms with van der Waals surface area (Å²) < 4.78 is 0. The first-order valence-electron chi connectivity index (χ1n) is 6.49. The summed E-state index contributed by atoms with van der Waals surface area (Å²) in [5.74, 6) is 2.91. The maximum Gasteiger partial charge on any atom is 0.136 e. The average molecular weight is 234 g/mol. The van der Waals surface area contributed by atoms with Gasteiger partial charge >= 0.3 is 0 Å². The predicted molar refractivity (Wildman–Crippen MR) is 71.5 cm³/mol. The highest BCUT2D eigenvalue weighted by Crippen LogP contribution is 2.31. The maximum absolute atomic E-state index is 4.40. The highest BCUT2D eigenvalue weighted by Gasteiger charge is 2.24. The maximum atomic E-state index is 4.40. The van der Waals surface area contributed by atoms with Gasteiger partial charge in [0.15, 0.2) is 0 Å². The normalized spacial score (nSPS) is 14.8. The molecule has 1 aromatic heterocycles. The number of rotatable bonds is 6. The lowest BCUT2D eigenvalue weighted by atomic mass is 10.2. The molecule has 94 valence electrons. The van der Waals surface area contributed by atoms with Crippen LogP contribution in [0.25, 0.3) is 0 Å². The zero-order chi connectivity index (χ0) is 12.3. The van der Waals surface area contributed by atoms with E-state index in [1.165, 1.54) is 12.8 Å². The molecule has 0 aliphatic heterocycles. The fraction of sp³-hybridized carbons (Fsp3) is 0.692. The van der Waals surface area contributed by atoms with E-state index in [0.29, 0.717) is 0 Å². The molecule has 0 saturated heterocycles. The van der Waals surface area contributed by atoms with Crippen LogP contribution >= 0.6 is 0 Å². The van der Waals surface area contributed by atoms with Gasteiger partial charge in [-0.2, -0.15) is 0 Å². The molecule has 4 heteroatoms. The van der Waals surface area contributed by atoms with Gasteiger partial charge < -0.3 is 10.2 Å². The van der Waals surface area contributed by atoms with Crippen molar-refractivity contribution in [1.82, 2.24) is 9.97 Å². The van der Waals surface area contributed by atoms with E-state index in [1.807, 2.05) is 0 Å². The number of nitrogens with one attached hydrogen (secondary N) is 1. The van der Waals surface area contributed by atoms with E-state index in [1.54, 1.807) is 6.33 Å². The van der Waals surface area contributed by atoms with Crippen molar-refractivity contribution in [2.45, 2.75) is 33.1 Å². The molecule has 1 heterocycles. The Hall–Kier alpha value is -1.32. The summed E-state index contributed by atoms with van der Waals surface area (Å²) in [6.07, 6.45) is 5.51. The van der Waals surface area contributed by atoms with Crippen LogP contribution in [0.4, 0.5) is 11.6 Å². The summed E-state index contributed by atoms with van der Waals surface area (Å²) in [5, 5.41) is 3.35. The molecule has 1 fully saturated rings. The molecule has 1 aliphatic carbocycles. The van der Waals surface area contributed by atoms with Crippen LogP contribution < -0.4 is 10.2 Å². The SMILES string of the molecule is CCCNc1ncnc(N(C)CC2CC2)c1C. The van der Waals surface area contributed by atoms with Crippen molar-refractivity contribution >= 4 is 11.6 Å². The first-order valence-corrected chi connectivity index (χ1v) is 6.49. The smallest absolute Gasteiger partial charge is 0.136 e. The van der Waals surface area contributed by atoms with Crippen LogP contribution in [0.15, 0.2) is 6.33 Å². The van der Waals surface area contributed by atoms with E-state index in [0.717, 1.165) is 42.6 Å². The molecule has 4 nitrogen and oxygen atoms in total. The molecule has 2 rings (SSSR count). The van der Waals surface area contributed by atoms with E-state index in [2.05, 4.69) is 41.1 Å². The van der Waals surface area contributed by atoms with Gasteiger partial charge in [0.2, 0.25) is 0 Å². The van der Waals surface area contributed by atoms with E-state index in [-0.39, 0.29) is 0 Å². The molecule has 0 spiro atoms. The van der Waals surface area contributed by atoms with Crippen molar-refractivity contribution in [1.29, 1.82) is 0 Å². The van der Waals surface area contributed by atoms with Gasteiger partial charge in [0, 0.05) is 25.7 Å². The zero-order valence-corrected chi connectivity index (χ0v) is 11.0. The second-order valence-electron chi connectivity index (χ2n) is 4.92. The lowest BCUT2D eigenvalue weighted by molar-refractivity contribution is 0.772. The van der Waals surface area contributed by atoms with E-state index >= 15 is 0 Å². The summed E-state index contributed by atoms with van der Waals surface area (Å²) in [4.78, 5) is 11.0. The number of hydrogen-bond donors (Lipinski definition) is 1. The monoisotopic (exact) mass is 234 g/mol. The van der Waals surface area contributed by atoms with Crippen LogP contribution in [0.5, 0.6) is 0 Å². The summed E-state index contributed by atoms with van der Waals surface area (Å²) in [7, 11) is 2.12. The minimum Gasteiger partial charge on any atom is -0.370 e. The predicted octanol–water partition coefficient (Wildman–Crippen LogP) is 2.45. The number of anilines is 2. The molecular weight excluding hydrogens is 212 g/mol. The van der Waals surface area contributed by atoms with Crippen LogP contribution in [0.1, 0.15) is 31.7 Å². The fourth-order valence-electron chi connectivity index (χ4n) is 2.02. The molecule has 0 radical (unpaired) electrons. The zero-order valence-electron chi connectivity index (χ0n) is 11.0. The van der Waals surface area contributed by atoms with E-state index in [4.69, 9.17) is 0 Å². The van der Waals surface area contributed by atoms with Crippen LogP contribution in [0, 0.1) is 12.8 Å². The third-order valence-corrected chi connectivity index (χ3v) is 3.19. The largest absolute Gasteiger partial charge is 0.370 e. The van der Waals surface area contributed by atoms with Crippen LogP contribution in [-0.4, -0.2) is 30.1 Å². The minimum atomic E-state index is 0.876. The van der Waals surface area contributed by atoms with Crippen molar-refractivity contribution in [2.75, 3.05) is 30.4 Å². The molecule has 0 aromatic carbocycles. The van der Waals surface area contributed by atoms with Gasteiger partial charge in [0.1, 0.15) is 18.0 Å².